The van der Waals surface area contributed by atoms with E-state index in [4.69, 9.17) is 31.4 Å². The number of para-hydroxylation sites is 1. The molecule has 0 spiro atoms. The summed E-state index contributed by atoms with van der Waals surface area (Å²) in [5.41, 5.74) is 8.40. The van der Waals surface area contributed by atoms with Gasteiger partial charge in [0.05, 0.1) is 48.7 Å². The fraction of sp³-hybridized carbons (Fsp3) is 0.161. The van der Waals surface area contributed by atoms with E-state index < -0.39 is 11.9 Å². The number of hydrogen-bond donors (Lipinski definition) is 4. The van der Waals surface area contributed by atoms with E-state index in [1.165, 1.54) is 7.11 Å². The number of carbonyl (C=O) groups is 2. The van der Waals surface area contributed by atoms with Crippen LogP contribution in [0.1, 0.15) is 24.2 Å². The molecule has 11 heteroatoms. The Labute approximate surface area is 255 Å². The lowest BCUT2D eigenvalue weighted by atomic mass is 10.0. The lowest BCUT2D eigenvalue weighted by Gasteiger charge is -2.15. The quantitative estimate of drug-likeness (QED) is 0.0636. The average molecular weight is 605 g/mol. The summed E-state index contributed by atoms with van der Waals surface area (Å²) in [4.78, 5) is 30.5. The van der Waals surface area contributed by atoms with Crippen molar-refractivity contribution in [3.8, 4) is 22.8 Å². The number of thiol groups is 1. The third-order valence-corrected chi connectivity index (χ3v) is 6.52. The zero-order chi connectivity index (χ0) is 30.6. The molecular formula is C31H32N4O5S2. The third kappa shape index (κ3) is 7.99. The van der Waals surface area contributed by atoms with Gasteiger partial charge in [0.25, 0.3) is 5.91 Å². The van der Waals surface area contributed by atoms with E-state index in [0.29, 0.717) is 39.2 Å². The van der Waals surface area contributed by atoms with Crippen LogP contribution in [0.3, 0.4) is 0 Å². The molecule has 0 radical (unpaired) electrons. The molecule has 1 aromatic heterocycles. The van der Waals surface area contributed by atoms with Crippen molar-refractivity contribution in [1.29, 1.82) is 0 Å². The Hall–Kier alpha value is -4.61. The van der Waals surface area contributed by atoms with Gasteiger partial charge in [0.15, 0.2) is 5.11 Å². The number of esters is 1. The Morgan fingerprint density at radius 1 is 0.952 bits per heavy atom. The second-order valence-corrected chi connectivity index (χ2v) is 9.40. The number of amides is 1. The number of hydrazine groups is 1. The first-order valence-corrected chi connectivity index (χ1v) is 13.6. The van der Waals surface area contributed by atoms with E-state index in [-0.39, 0.29) is 15.7 Å². The number of benzene rings is 2. The lowest BCUT2D eigenvalue weighted by molar-refractivity contribution is -0.135. The Kier molecular flexibility index (Phi) is 11.7. The number of pyridine rings is 1. The van der Waals surface area contributed by atoms with Crippen LogP contribution in [0.15, 0.2) is 95.1 Å². The predicted molar refractivity (Wildman–Crippen MR) is 172 cm³/mol. The van der Waals surface area contributed by atoms with E-state index in [1.54, 1.807) is 56.7 Å². The third-order valence-electron chi connectivity index (χ3n) is 5.96. The van der Waals surface area contributed by atoms with Gasteiger partial charge in [0, 0.05) is 10.9 Å². The van der Waals surface area contributed by atoms with Crippen LogP contribution in [0.4, 0.5) is 0 Å². The molecule has 0 aliphatic heterocycles. The minimum absolute atomic E-state index is 0.00378. The van der Waals surface area contributed by atoms with E-state index in [1.807, 2.05) is 50.3 Å². The maximum Gasteiger partial charge on any atom is 0.340 e. The molecular weight excluding hydrogens is 572 g/mol. The second-order valence-electron chi connectivity index (χ2n) is 8.55. The molecule has 3 rings (SSSR count). The molecule has 0 saturated carbocycles. The first-order chi connectivity index (χ1) is 20.3. The molecule has 0 fully saturated rings. The van der Waals surface area contributed by atoms with Crippen LogP contribution in [-0.2, 0) is 9.53 Å². The van der Waals surface area contributed by atoms with Gasteiger partial charge in [0.1, 0.15) is 11.5 Å². The summed E-state index contributed by atoms with van der Waals surface area (Å²) in [6.45, 7) is 3.77. The monoisotopic (exact) mass is 604 g/mol. The number of carbonyl (C=O) groups excluding carboxylic acids is 2. The molecule has 3 aromatic rings. The fourth-order valence-electron chi connectivity index (χ4n) is 3.88. The summed E-state index contributed by atoms with van der Waals surface area (Å²) in [6, 6.07) is 14.3. The maximum atomic E-state index is 13.4. The summed E-state index contributed by atoms with van der Waals surface area (Å²) < 4.78 is 15.8. The number of allylic oxidation sites excluding steroid dienone is 5. The van der Waals surface area contributed by atoms with Crippen LogP contribution in [0.2, 0.25) is 0 Å². The molecule has 0 aliphatic rings. The number of aromatic nitrogens is 1. The van der Waals surface area contributed by atoms with Crippen LogP contribution >= 0.6 is 24.8 Å². The Balaban J connectivity index is 1.87. The van der Waals surface area contributed by atoms with Gasteiger partial charge in [-0.05, 0) is 68.0 Å². The van der Waals surface area contributed by atoms with Crippen molar-refractivity contribution in [3.05, 3.63) is 101 Å². The zero-order valence-electron chi connectivity index (χ0n) is 23.8. The van der Waals surface area contributed by atoms with Gasteiger partial charge >= 0.3 is 5.97 Å². The van der Waals surface area contributed by atoms with Crippen LogP contribution in [0, 0.1) is 0 Å². The minimum atomic E-state index is -0.615. The molecule has 1 amide bonds. The van der Waals surface area contributed by atoms with Crippen molar-refractivity contribution in [2.75, 3.05) is 21.3 Å². The SMILES string of the molecule is C\C=C/C(/C=C/C(C(=O)OC)=C(\S)NC(=S)NNC(=O)c1cc(-c2cc(OC)ccc2OC)nc2ccccc12)=C\C. The molecule has 9 nitrogen and oxygen atoms in total. The predicted octanol–water partition coefficient (Wildman–Crippen LogP) is 5.42. The van der Waals surface area contributed by atoms with Crippen LogP contribution in [-0.4, -0.2) is 43.3 Å². The molecule has 218 valence electrons. The highest BCUT2D eigenvalue weighted by Crippen LogP contribution is 2.34. The Morgan fingerprint density at radius 3 is 2.38 bits per heavy atom. The smallest absolute Gasteiger partial charge is 0.340 e. The molecule has 0 unspecified atom stereocenters. The van der Waals surface area contributed by atoms with Gasteiger partial charge in [-0.3, -0.25) is 15.6 Å². The maximum absolute atomic E-state index is 13.4. The van der Waals surface area contributed by atoms with E-state index in [9.17, 15) is 9.59 Å². The van der Waals surface area contributed by atoms with E-state index >= 15 is 0 Å². The van der Waals surface area contributed by atoms with Gasteiger partial charge < -0.3 is 19.5 Å². The van der Waals surface area contributed by atoms with E-state index in [2.05, 4.69) is 28.8 Å². The van der Waals surface area contributed by atoms with Gasteiger partial charge in [-0.15, -0.1) is 12.6 Å². The molecule has 3 N–H and O–H groups in total. The van der Waals surface area contributed by atoms with Crippen molar-refractivity contribution in [2.24, 2.45) is 0 Å². The molecule has 42 heavy (non-hydrogen) atoms. The van der Waals surface area contributed by atoms with Crippen molar-refractivity contribution in [3.63, 3.8) is 0 Å². The highest BCUT2D eigenvalue weighted by Gasteiger charge is 2.18. The lowest BCUT2D eigenvalue weighted by Crippen LogP contribution is -2.46. The van der Waals surface area contributed by atoms with Gasteiger partial charge in [-0.2, -0.15) is 0 Å². The Bertz CT molecular complexity index is 1610. The number of fused-ring (bicyclic) bond motifs is 1. The van der Waals surface area contributed by atoms with Crippen molar-refractivity contribution >= 4 is 52.7 Å². The number of methoxy groups -OCH3 is 3. The number of thiocarbonyl (C=S) groups is 1. The number of hydrogen-bond acceptors (Lipinski definition) is 8. The first kappa shape index (κ1) is 31.9. The van der Waals surface area contributed by atoms with Gasteiger partial charge in [0.2, 0.25) is 0 Å². The van der Waals surface area contributed by atoms with Crippen molar-refractivity contribution in [2.45, 2.75) is 13.8 Å². The van der Waals surface area contributed by atoms with Crippen LogP contribution in [0.25, 0.3) is 22.2 Å². The molecule has 0 aliphatic carbocycles. The normalized spacial score (nSPS) is 12.2. The summed E-state index contributed by atoms with van der Waals surface area (Å²) in [5.74, 6) is 0.104. The fourth-order valence-corrected chi connectivity index (χ4v) is 4.38. The number of rotatable bonds is 9. The molecule has 0 saturated heterocycles. The van der Waals surface area contributed by atoms with Crippen molar-refractivity contribution in [1.82, 2.24) is 21.2 Å². The number of ether oxygens (including phenoxy) is 3. The summed E-state index contributed by atoms with van der Waals surface area (Å²) >= 11 is 9.74. The molecule has 1 heterocycles. The average Bonchev–Trinajstić information content (AvgIpc) is 3.01. The van der Waals surface area contributed by atoms with Crippen LogP contribution in [0.5, 0.6) is 11.5 Å². The molecule has 0 bridgehead atoms. The number of nitrogens with one attached hydrogen (secondary N) is 3. The minimum Gasteiger partial charge on any atom is -0.497 e. The standard InChI is InChI=1S/C31H32N4O5S2/c1-6-10-19(7-2)13-15-22(30(37)40-5)29(41)33-31(42)35-34-28(36)23-18-26(32-25-12-9-8-11-21(23)25)24-17-20(38-3)14-16-27(24)39-4/h6-18,41H,1-5H3,(H,34,36)(H2,33,35,42)/b10-6-,15-13+,19-7+,29-22+. The van der Waals surface area contributed by atoms with Crippen LogP contribution < -0.4 is 25.6 Å². The topological polar surface area (TPSA) is 111 Å². The van der Waals surface area contributed by atoms with Crippen molar-refractivity contribution < 1.29 is 23.8 Å². The summed E-state index contributed by atoms with van der Waals surface area (Å²) in [7, 11) is 4.40. The molecule has 0 atom stereocenters. The number of nitrogens with zero attached hydrogens (tertiary/aromatic N) is 1. The summed E-state index contributed by atoms with van der Waals surface area (Å²) in [6.07, 6.45) is 8.96. The van der Waals surface area contributed by atoms with Gasteiger partial charge in [-0.25, -0.2) is 9.78 Å². The van der Waals surface area contributed by atoms with Gasteiger partial charge in [-0.1, -0.05) is 42.5 Å². The highest BCUT2D eigenvalue weighted by molar-refractivity contribution is 7.84. The van der Waals surface area contributed by atoms with E-state index in [0.717, 1.165) is 5.57 Å². The summed E-state index contributed by atoms with van der Waals surface area (Å²) in [5, 5.41) is 3.55. The zero-order valence-corrected chi connectivity index (χ0v) is 25.6. The molecule has 2 aromatic carbocycles. The second kappa shape index (κ2) is 15.4. The largest absolute Gasteiger partial charge is 0.497 e. The Morgan fingerprint density at radius 2 is 1.71 bits per heavy atom. The first-order valence-electron chi connectivity index (χ1n) is 12.7. The highest BCUT2D eigenvalue weighted by atomic mass is 32.1.